The Labute approximate surface area is 143 Å². The van der Waals surface area contributed by atoms with Crippen molar-refractivity contribution in [2.75, 3.05) is 11.9 Å². The minimum absolute atomic E-state index is 0.375. The van der Waals surface area contributed by atoms with Crippen LogP contribution in [0.5, 0.6) is 0 Å². The number of carbonyl (C=O) groups excluding carboxylic acids is 1. The Morgan fingerprint density at radius 2 is 1.95 bits per heavy atom. The van der Waals surface area contributed by atoms with Crippen molar-refractivity contribution in [3.05, 3.63) is 15.1 Å². The molecule has 21 heavy (non-hydrogen) atoms. The van der Waals surface area contributed by atoms with Crippen LogP contribution in [0.25, 0.3) is 0 Å². The van der Waals surface area contributed by atoms with Crippen LogP contribution in [0.1, 0.15) is 34.6 Å². The Hall–Kier alpha value is -0.830. The molecule has 1 heterocycles. The standard InChI is InChI=1S/C13H20ClIN4O2/c1-12(2,3)21-11(20)16-6-13(4,5)19-10-8(15)9(14)17-7-18-10/h7H,6H2,1-5H3,(H,16,20)(H,17,18,19). The van der Waals surface area contributed by atoms with Gasteiger partial charge in [0.1, 0.15) is 22.9 Å². The van der Waals surface area contributed by atoms with E-state index in [4.69, 9.17) is 16.3 Å². The first kappa shape index (κ1) is 18.2. The molecule has 1 rings (SSSR count). The Bertz CT molecular complexity index is 517. The average molecular weight is 427 g/mol. The summed E-state index contributed by atoms with van der Waals surface area (Å²) in [6.45, 7) is 9.72. The van der Waals surface area contributed by atoms with Crippen molar-refractivity contribution in [1.82, 2.24) is 15.3 Å². The van der Waals surface area contributed by atoms with Crippen molar-refractivity contribution in [3.63, 3.8) is 0 Å². The monoisotopic (exact) mass is 426 g/mol. The second kappa shape index (κ2) is 6.95. The molecule has 0 saturated heterocycles. The molecule has 2 N–H and O–H groups in total. The zero-order valence-electron chi connectivity index (χ0n) is 12.8. The Kier molecular flexibility index (Phi) is 6.03. The van der Waals surface area contributed by atoms with Crippen molar-refractivity contribution in [1.29, 1.82) is 0 Å². The van der Waals surface area contributed by atoms with Gasteiger partial charge < -0.3 is 15.4 Å². The Balaban J connectivity index is 2.62. The first-order valence-electron chi connectivity index (χ1n) is 6.41. The molecule has 118 valence electrons. The summed E-state index contributed by atoms with van der Waals surface area (Å²) in [5.41, 5.74) is -0.939. The summed E-state index contributed by atoms with van der Waals surface area (Å²) < 4.78 is 5.94. The van der Waals surface area contributed by atoms with Gasteiger partial charge in [-0.15, -0.1) is 0 Å². The summed E-state index contributed by atoms with van der Waals surface area (Å²) in [6.07, 6.45) is 0.942. The first-order chi connectivity index (χ1) is 9.50. The number of hydrogen-bond donors (Lipinski definition) is 2. The number of halogens is 2. The lowest BCUT2D eigenvalue weighted by Gasteiger charge is -2.28. The van der Waals surface area contributed by atoms with Crippen LogP contribution < -0.4 is 10.6 Å². The summed E-state index contributed by atoms with van der Waals surface area (Å²) in [5, 5.41) is 6.36. The van der Waals surface area contributed by atoms with E-state index in [-0.39, 0.29) is 0 Å². The van der Waals surface area contributed by atoms with Crippen molar-refractivity contribution in [2.45, 2.75) is 45.8 Å². The molecule has 0 atom stereocenters. The Morgan fingerprint density at radius 3 is 2.52 bits per heavy atom. The second-order valence-corrected chi connectivity index (χ2v) is 7.63. The van der Waals surface area contributed by atoms with E-state index in [0.717, 1.165) is 3.57 Å². The fourth-order valence-electron chi connectivity index (χ4n) is 1.41. The number of nitrogens with zero attached hydrogens (tertiary/aromatic N) is 2. The van der Waals surface area contributed by atoms with Gasteiger partial charge in [0, 0.05) is 6.54 Å². The van der Waals surface area contributed by atoms with Crippen LogP contribution in [0.3, 0.4) is 0 Å². The third kappa shape index (κ3) is 6.64. The van der Waals surface area contributed by atoms with Crippen LogP contribution in [-0.4, -0.2) is 33.7 Å². The van der Waals surface area contributed by atoms with Gasteiger partial charge in [0.15, 0.2) is 0 Å². The lowest BCUT2D eigenvalue weighted by atomic mass is 10.1. The van der Waals surface area contributed by atoms with E-state index >= 15 is 0 Å². The van der Waals surface area contributed by atoms with Gasteiger partial charge in [-0.25, -0.2) is 14.8 Å². The van der Waals surface area contributed by atoms with Crippen LogP contribution >= 0.6 is 34.2 Å². The lowest BCUT2D eigenvalue weighted by Crippen LogP contribution is -2.45. The van der Waals surface area contributed by atoms with Gasteiger partial charge in [-0.05, 0) is 57.2 Å². The van der Waals surface area contributed by atoms with Gasteiger partial charge in [-0.1, -0.05) is 11.6 Å². The molecule has 0 radical (unpaired) electrons. The maximum atomic E-state index is 11.7. The van der Waals surface area contributed by atoms with Gasteiger partial charge in [-0.2, -0.15) is 0 Å². The second-order valence-electron chi connectivity index (χ2n) is 6.19. The molecular weight excluding hydrogens is 407 g/mol. The van der Waals surface area contributed by atoms with E-state index < -0.39 is 17.2 Å². The number of anilines is 1. The molecule has 0 aliphatic heterocycles. The number of rotatable bonds is 4. The number of amides is 1. The third-order valence-corrected chi connectivity index (χ3v) is 3.90. The maximum Gasteiger partial charge on any atom is 0.407 e. The minimum Gasteiger partial charge on any atom is -0.444 e. The van der Waals surface area contributed by atoms with Gasteiger partial charge >= 0.3 is 6.09 Å². The van der Waals surface area contributed by atoms with Gasteiger partial charge in [-0.3, -0.25) is 0 Å². The first-order valence-corrected chi connectivity index (χ1v) is 7.87. The summed E-state index contributed by atoms with van der Waals surface area (Å²) in [6, 6.07) is 0. The third-order valence-electron chi connectivity index (χ3n) is 2.28. The fraction of sp³-hybridized carbons (Fsp3) is 0.615. The number of aromatic nitrogens is 2. The average Bonchev–Trinajstić information content (AvgIpc) is 2.30. The molecule has 6 nitrogen and oxygen atoms in total. The van der Waals surface area contributed by atoms with Crippen molar-refractivity contribution < 1.29 is 9.53 Å². The molecule has 0 unspecified atom stereocenters. The van der Waals surface area contributed by atoms with E-state index in [2.05, 4.69) is 43.2 Å². The summed E-state index contributed by atoms with van der Waals surface area (Å²) in [4.78, 5) is 19.7. The molecule has 0 spiro atoms. The molecule has 8 heteroatoms. The molecule has 0 aliphatic carbocycles. The van der Waals surface area contributed by atoms with Crippen LogP contribution in [0, 0.1) is 3.57 Å². The number of nitrogens with one attached hydrogen (secondary N) is 2. The molecule has 1 amide bonds. The fourth-order valence-corrected chi connectivity index (χ4v) is 1.95. The Morgan fingerprint density at radius 1 is 1.33 bits per heavy atom. The zero-order chi connectivity index (χ0) is 16.3. The number of hydrogen-bond acceptors (Lipinski definition) is 5. The number of ether oxygens (including phenoxy) is 1. The van der Waals surface area contributed by atoms with E-state index in [1.807, 2.05) is 34.6 Å². The van der Waals surface area contributed by atoms with E-state index in [9.17, 15) is 4.79 Å². The maximum absolute atomic E-state index is 11.7. The predicted octanol–water partition coefficient (Wildman–Crippen LogP) is 3.45. The van der Waals surface area contributed by atoms with Crippen LogP contribution in [0.4, 0.5) is 10.6 Å². The highest BCUT2D eigenvalue weighted by molar-refractivity contribution is 14.1. The molecular formula is C13H20ClIN4O2. The lowest BCUT2D eigenvalue weighted by molar-refractivity contribution is 0.0520. The smallest absolute Gasteiger partial charge is 0.407 e. The SMILES string of the molecule is CC(C)(CNC(=O)OC(C)(C)C)Nc1ncnc(Cl)c1I. The van der Waals surface area contributed by atoms with Gasteiger partial charge in [0.05, 0.1) is 9.11 Å². The van der Waals surface area contributed by atoms with Gasteiger partial charge in [0.2, 0.25) is 0 Å². The highest BCUT2D eigenvalue weighted by atomic mass is 127. The highest BCUT2D eigenvalue weighted by Crippen LogP contribution is 2.24. The summed E-state index contributed by atoms with van der Waals surface area (Å²) in [7, 11) is 0. The molecule has 0 aromatic carbocycles. The molecule has 0 fully saturated rings. The van der Waals surface area contributed by atoms with Crippen molar-refractivity contribution >= 4 is 46.1 Å². The largest absolute Gasteiger partial charge is 0.444 e. The van der Waals surface area contributed by atoms with Crippen LogP contribution in [0.2, 0.25) is 5.15 Å². The number of carbonyl (C=O) groups is 1. The van der Waals surface area contributed by atoms with E-state index in [0.29, 0.717) is 17.5 Å². The van der Waals surface area contributed by atoms with Crippen molar-refractivity contribution in [3.8, 4) is 0 Å². The van der Waals surface area contributed by atoms with Crippen molar-refractivity contribution in [2.24, 2.45) is 0 Å². The molecule has 0 bridgehead atoms. The summed E-state index contributed by atoms with van der Waals surface area (Å²) >= 11 is 8.03. The normalized spacial score (nSPS) is 12.0. The van der Waals surface area contributed by atoms with Crippen LogP contribution in [-0.2, 0) is 4.74 Å². The molecule has 1 aromatic rings. The van der Waals surface area contributed by atoms with E-state index in [1.165, 1.54) is 6.33 Å². The highest BCUT2D eigenvalue weighted by Gasteiger charge is 2.23. The quantitative estimate of drug-likeness (QED) is 0.570. The molecule has 0 aliphatic rings. The molecule has 1 aromatic heterocycles. The van der Waals surface area contributed by atoms with E-state index in [1.54, 1.807) is 0 Å². The summed E-state index contributed by atoms with van der Waals surface area (Å²) in [5.74, 6) is 0.631. The van der Waals surface area contributed by atoms with Crippen LogP contribution in [0.15, 0.2) is 6.33 Å². The minimum atomic E-state index is -0.517. The zero-order valence-corrected chi connectivity index (χ0v) is 15.7. The number of alkyl carbamates (subject to hydrolysis) is 1. The topological polar surface area (TPSA) is 76.1 Å². The van der Waals surface area contributed by atoms with Gasteiger partial charge in [0.25, 0.3) is 0 Å². The predicted molar refractivity (Wildman–Crippen MR) is 91.7 cm³/mol. The molecule has 0 saturated carbocycles.